The van der Waals surface area contributed by atoms with Crippen LogP contribution in [0.1, 0.15) is 32.3 Å². The number of ether oxygens (including phenoxy) is 3. The van der Waals surface area contributed by atoms with E-state index in [9.17, 15) is 4.79 Å². The lowest BCUT2D eigenvalue weighted by Gasteiger charge is -2.15. The average molecular weight is 315 g/mol. The van der Waals surface area contributed by atoms with Crippen LogP contribution in [-0.2, 0) is 16.0 Å². The number of rotatable bonds is 10. The SMILES string of the molecule is CCCc1c(OCCCCl)cccc1OCC(=O)OCC. The molecule has 0 amide bonds. The van der Waals surface area contributed by atoms with Crippen LogP contribution in [0.25, 0.3) is 0 Å². The highest BCUT2D eigenvalue weighted by molar-refractivity contribution is 6.17. The molecule has 118 valence electrons. The molecule has 0 aromatic heterocycles. The van der Waals surface area contributed by atoms with E-state index in [-0.39, 0.29) is 12.6 Å². The van der Waals surface area contributed by atoms with Crippen LogP contribution >= 0.6 is 11.6 Å². The maximum Gasteiger partial charge on any atom is 0.344 e. The van der Waals surface area contributed by atoms with Gasteiger partial charge in [-0.25, -0.2) is 4.79 Å². The van der Waals surface area contributed by atoms with Gasteiger partial charge < -0.3 is 14.2 Å². The Labute approximate surface area is 131 Å². The molecule has 1 aromatic carbocycles. The van der Waals surface area contributed by atoms with Crippen molar-refractivity contribution in [3.8, 4) is 11.5 Å². The number of halogens is 1. The summed E-state index contributed by atoms with van der Waals surface area (Å²) < 4.78 is 16.2. The van der Waals surface area contributed by atoms with E-state index in [4.69, 9.17) is 25.8 Å². The summed E-state index contributed by atoms with van der Waals surface area (Å²) in [5.74, 6) is 1.67. The molecule has 5 heteroatoms. The van der Waals surface area contributed by atoms with Gasteiger partial charge in [0.05, 0.1) is 13.2 Å². The number of carbonyl (C=O) groups is 1. The zero-order chi connectivity index (χ0) is 15.5. The second kappa shape index (κ2) is 10.3. The Morgan fingerprint density at radius 1 is 1.19 bits per heavy atom. The van der Waals surface area contributed by atoms with Crippen molar-refractivity contribution in [2.75, 3.05) is 25.7 Å². The fourth-order valence-corrected chi connectivity index (χ4v) is 2.00. The van der Waals surface area contributed by atoms with Gasteiger partial charge in [-0.1, -0.05) is 19.4 Å². The molecule has 0 bridgehead atoms. The van der Waals surface area contributed by atoms with E-state index in [1.165, 1.54) is 0 Å². The first-order chi connectivity index (χ1) is 10.2. The van der Waals surface area contributed by atoms with Crippen LogP contribution in [-0.4, -0.2) is 31.7 Å². The fraction of sp³-hybridized carbons (Fsp3) is 0.562. The Kier molecular flexibility index (Phi) is 8.67. The van der Waals surface area contributed by atoms with Crippen LogP contribution in [0.4, 0.5) is 0 Å². The zero-order valence-electron chi connectivity index (χ0n) is 12.7. The Morgan fingerprint density at radius 3 is 2.52 bits per heavy atom. The quantitative estimate of drug-likeness (QED) is 0.376. The summed E-state index contributed by atoms with van der Waals surface area (Å²) in [5.41, 5.74) is 0.985. The van der Waals surface area contributed by atoms with Gasteiger partial charge in [-0.05, 0) is 31.9 Å². The van der Waals surface area contributed by atoms with Gasteiger partial charge in [-0.2, -0.15) is 0 Å². The predicted molar refractivity (Wildman–Crippen MR) is 83.4 cm³/mol. The molecular weight excluding hydrogens is 292 g/mol. The van der Waals surface area contributed by atoms with Crippen LogP contribution in [0.2, 0.25) is 0 Å². The number of carbonyl (C=O) groups excluding carboxylic acids is 1. The summed E-state index contributed by atoms with van der Waals surface area (Å²) in [6, 6.07) is 5.62. The standard InChI is InChI=1S/C16H23ClO4/c1-3-7-13-14(20-11-6-10-17)8-5-9-15(13)21-12-16(18)19-4-2/h5,8-9H,3-4,6-7,10-12H2,1-2H3. The van der Waals surface area contributed by atoms with Crippen molar-refractivity contribution in [3.63, 3.8) is 0 Å². The molecular formula is C16H23ClO4. The molecule has 21 heavy (non-hydrogen) atoms. The summed E-state index contributed by atoms with van der Waals surface area (Å²) in [5, 5.41) is 0. The van der Waals surface area contributed by atoms with E-state index in [2.05, 4.69) is 6.92 Å². The largest absolute Gasteiger partial charge is 0.493 e. The second-order valence-electron chi connectivity index (χ2n) is 4.47. The van der Waals surface area contributed by atoms with E-state index in [1.807, 2.05) is 18.2 Å². The molecule has 1 aromatic rings. The molecule has 0 saturated heterocycles. The summed E-state index contributed by atoms with van der Waals surface area (Å²) >= 11 is 5.66. The highest BCUT2D eigenvalue weighted by atomic mass is 35.5. The smallest absolute Gasteiger partial charge is 0.344 e. The van der Waals surface area contributed by atoms with Gasteiger partial charge in [0, 0.05) is 11.4 Å². The van der Waals surface area contributed by atoms with Crippen molar-refractivity contribution < 1.29 is 19.0 Å². The molecule has 0 fully saturated rings. The maximum atomic E-state index is 11.4. The normalized spacial score (nSPS) is 10.2. The number of esters is 1. The summed E-state index contributed by atoms with van der Waals surface area (Å²) in [4.78, 5) is 11.4. The lowest BCUT2D eigenvalue weighted by atomic mass is 10.1. The molecule has 0 N–H and O–H groups in total. The third-order valence-electron chi connectivity index (χ3n) is 2.78. The lowest BCUT2D eigenvalue weighted by Crippen LogP contribution is -2.15. The Hall–Kier alpha value is -1.42. The number of benzene rings is 1. The van der Waals surface area contributed by atoms with Gasteiger partial charge in [-0.3, -0.25) is 0 Å². The van der Waals surface area contributed by atoms with Crippen LogP contribution in [0, 0.1) is 0 Å². The highest BCUT2D eigenvalue weighted by Crippen LogP contribution is 2.30. The van der Waals surface area contributed by atoms with Gasteiger partial charge in [-0.15, -0.1) is 11.6 Å². The molecule has 0 saturated carbocycles. The van der Waals surface area contributed by atoms with E-state index >= 15 is 0 Å². The van der Waals surface area contributed by atoms with E-state index < -0.39 is 0 Å². The van der Waals surface area contributed by atoms with E-state index in [0.717, 1.165) is 30.6 Å². The third-order valence-corrected chi connectivity index (χ3v) is 3.04. The van der Waals surface area contributed by atoms with Crippen LogP contribution in [0.5, 0.6) is 11.5 Å². The summed E-state index contributed by atoms with van der Waals surface area (Å²) in [6.07, 6.45) is 2.59. The summed E-state index contributed by atoms with van der Waals surface area (Å²) in [7, 11) is 0. The van der Waals surface area contributed by atoms with Crippen molar-refractivity contribution >= 4 is 17.6 Å². The van der Waals surface area contributed by atoms with Crippen molar-refractivity contribution in [1.29, 1.82) is 0 Å². The topological polar surface area (TPSA) is 44.8 Å². The van der Waals surface area contributed by atoms with Gasteiger partial charge in [0.25, 0.3) is 0 Å². The predicted octanol–water partition coefficient (Wildman–Crippen LogP) is 3.59. The molecule has 0 aliphatic heterocycles. The fourth-order valence-electron chi connectivity index (χ4n) is 1.89. The maximum absolute atomic E-state index is 11.4. The molecule has 4 nitrogen and oxygen atoms in total. The molecule has 0 unspecified atom stereocenters. The van der Waals surface area contributed by atoms with Crippen LogP contribution in [0.3, 0.4) is 0 Å². The van der Waals surface area contributed by atoms with E-state index in [0.29, 0.717) is 24.8 Å². The van der Waals surface area contributed by atoms with Gasteiger partial charge >= 0.3 is 5.97 Å². The van der Waals surface area contributed by atoms with Gasteiger partial charge in [0.2, 0.25) is 0 Å². The first kappa shape index (κ1) is 17.6. The molecule has 0 spiro atoms. The van der Waals surface area contributed by atoms with Gasteiger partial charge in [0.15, 0.2) is 6.61 Å². The van der Waals surface area contributed by atoms with Crippen molar-refractivity contribution in [2.24, 2.45) is 0 Å². The first-order valence-electron chi connectivity index (χ1n) is 7.32. The number of hydrogen-bond acceptors (Lipinski definition) is 4. The highest BCUT2D eigenvalue weighted by Gasteiger charge is 2.12. The summed E-state index contributed by atoms with van der Waals surface area (Å²) in [6.45, 7) is 4.69. The molecule has 0 atom stereocenters. The minimum atomic E-state index is -0.367. The number of hydrogen-bond donors (Lipinski definition) is 0. The molecule has 1 rings (SSSR count). The Balaban J connectivity index is 2.76. The zero-order valence-corrected chi connectivity index (χ0v) is 13.4. The minimum absolute atomic E-state index is 0.0876. The molecule has 0 heterocycles. The van der Waals surface area contributed by atoms with Crippen LogP contribution in [0.15, 0.2) is 18.2 Å². The first-order valence-corrected chi connectivity index (χ1v) is 7.85. The number of alkyl halides is 1. The Morgan fingerprint density at radius 2 is 1.90 bits per heavy atom. The second-order valence-corrected chi connectivity index (χ2v) is 4.85. The van der Waals surface area contributed by atoms with Crippen molar-refractivity contribution in [1.82, 2.24) is 0 Å². The van der Waals surface area contributed by atoms with Gasteiger partial charge in [0.1, 0.15) is 11.5 Å². The third kappa shape index (κ3) is 6.25. The Bertz CT molecular complexity index is 434. The van der Waals surface area contributed by atoms with Crippen molar-refractivity contribution in [2.45, 2.75) is 33.1 Å². The minimum Gasteiger partial charge on any atom is -0.493 e. The monoisotopic (exact) mass is 314 g/mol. The molecule has 0 aliphatic carbocycles. The molecule has 0 aliphatic rings. The molecule has 0 radical (unpaired) electrons. The van der Waals surface area contributed by atoms with E-state index in [1.54, 1.807) is 6.92 Å². The lowest BCUT2D eigenvalue weighted by molar-refractivity contribution is -0.145. The average Bonchev–Trinajstić information content (AvgIpc) is 2.48. The van der Waals surface area contributed by atoms with Crippen LogP contribution < -0.4 is 9.47 Å². The van der Waals surface area contributed by atoms with Crippen molar-refractivity contribution in [3.05, 3.63) is 23.8 Å².